The summed E-state index contributed by atoms with van der Waals surface area (Å²) in [5, 5.41) is 25.5. The van der Waals surface area contributed by atoms with Gasteiger partial charge in [-0.25, -0.2) is 4.68 Å². The number of hydrogen-bond acceptors (Lipinski definition) is 5. The Balaban J connectivity index is 2.62. The number of aliphatic hydroxyl groups is 2. The summed E-state index contributed by atoms with van der Waals surface area (Å²) in [5.74, 6) is 0.696. The minimum atomic E-state index is -0.445. The summed E-state index contributed by atoms with van der Waals surface area (Å²) in [6.45, 7) is 4.44. The summed E-state index contributed by atoms with van der Waals surface area (Å²) in [4.78, 5) is 0. The molecule has 1 aromatic rings. The topological polar surface area (TPSA) is 96.3 Å². The van der Waals surface area contributed by atoms with E-state index in [1.54, 1.807) is 24.7 Å². The highest BCUT2D eigenvalue weighted by atomic mass is 16.3. The maximum Gasteiger partial charge on any atom is 0.147 e. The van der Waals surface area contributed by atoms with Gasteiger partial charge in [0.2, 0.25) is 0 Å². The first-order valence-corrected chi connectivity index (χ1v) is 5.42. The largest absolute Gasteiger partial charge is 0.394 e. The molecule has 0 fully saturated rings. The van der Waals surface area contributed by atoms with E-state index < -0.39 is 6.10 Å². The lowest BCUT2D eigenvalue weighted by atomic mass is 10.3. The van der Waals surface area contributed by atoms with Crippen LogP contribution in [-0.4, -0.2) is 38.7 Å². The van der Waals surface area contributed by atoms with Gasteiger partial charge in [-0.15, -0.1) is 0 Å². The van der Waals surface area contributed by atoms with Gasteiger partial charge in [0.25, 0.3) is 0 Å². The van der Waals surface area contributed by atoms with Crippen molar-refractivity contribution in [2.45, 2.75) is 39.0 Å². The van der Waals surface area contributed by atoms with Crippen LogP contribution in [-0.2, 0) is 6.54 Å². The molecule has 6 nitrogen and oxygen atoms in total. The van der Waals surface area contributed by atoms with E-state index in [-0.39, 0.29) is 6.10 Å². The first-order chi connectivity index (χ1) is 7.50. The lowest BCUT2D eigenvalue weighted by Gasteiger charge is -2.12. The molecule has 0 amide bonds. The molecule has 0 bridgehead atoms. The Labute approximate surface area is 95.1 Å². The van der Waals surface area contributed by atoms with Crippen molar-refractivity contribution in [3.05, 3.63) is 6.20 Å². The monoisotopic (exact) mass is 228 g/mol. The minimum Gasteiger partial charge on any atom is -0.394 e. The third kappa shape index (κ3) is 3.71. The zero-order chi connectivity index (χ0) is 12.1. The number of nitrogens with one attached hydrogen (secondary N) is 1. The number of nitrogen functional groups attached to an aromatic ring is 1. The van der Waals surface area contributed by atoms with Crippen LogP contribution in [0.4, 0.5) is 11.5 Å². The third-order valence-electron chi connectivity index (χ3n) is 2.19. The quantitative estimate of drug-likeness (QED) is 0.551. The molecule has 0 aliphatic heterocycles. The van der Waals surface area contributed by atoms with E-state index in [4.69, 9.17) is 5.73 Å². The molecule has 0 aromatic carbocycles. The van der Waals surface area contributed by atoms with Crippen LogP contribution in [0.2, 0.25) is 0 Å². The molecule has 0 radical (unpaired) electrons. The maximum absolute atomic E-state index is 9.20. The van der Waals surface area contributed by atoms with Crippen LogP contribution in [0.1, 0.15) is 20.3 Å². The predicted molar refractivity (Wildman–Crippen MR) is 63.1 cm³/mol. The Hall–Kier alpha value is -1.27. The van der Waals surface area contributed by atoms with Gasteiger partial charge in [-0.2, -0.15) is 5.10 Å². The molecule has 2 unspecified atom stereocenters. The van der Waals surface area contributed by atoms with Gasteiger partial charge >= 0.3 is 0 Å². The van der Waals surface area contributed by atoms with E-state index in [9.17, 15) is 10.2 Å². The zero-order valence-electron chi connectivity index (χ0n) is 9.72. The molecule has 1 rings (SSSR count). The molecule has 1 heterocycles. The van der Waals surface area contributed by atoms with E-state index in [1.165, 1.54) is 0 Å². The second-order valence-electron chi connectivity index (χ2n) is 4.04. The first kappa shape index (κ1) is 12.8. The summed E-state index contributed by atoms with van der Waals surface area (Å²) in [5.41, 5.74) is 6.29. The lowest BCUT2D eigenvalue weighted by molar-refractivity contribution is 0.176. The fourth-order valence-electron chi connectivity index (χ4n) is 1.32. The van der Waals surface area contributed by atoms with Gasteiger partial charge in [0.1, 0.15) is 5.82 Å². The highest BCUT2D eigenvalue weighted by Crippen LogP contribution is 2.17. The predicted octanol–water partition coefficient (Wildman–Crippen LogP) is 0.0289. The lowest BCUT2D eigenvalue weighted by Crippen LogP contribution is -2.19. The van der Waals surface area contributed by atoms with Crippen LogP contribution >= 0.6 is 0 Å². The van der Waals surface area contributed by atoms with Crippen molar-refractivity contribution in [2.24, 2.45) is 0 Å². The molecule has 1 aromatic heterocycles. The molecule has 5 N–H and O–H groups in total. The van der Waals surface area contributed by atoms with Crippen molar-refractivity contribution in [2.75, 3.05) is 17.6 Å². The van der Waals surface area contributed by atoms with Gasteiger partial charge in [-0.3, -0.25) is 0 Å². The molecule has 0 saturated carbocycles. The maximum atomic E-state index is 9.20. The molecule has 92 valence electrons. The SMILES string of the molecule is CC(O)CCn1ncc(N)c1NCC(C)O. The smallest absolute Gasteiger partial charge is 0.147 e. The van der Waals surface area contributed by atoms with Crippen molar-refractivity contribution >= 4 is 11.5 Å². The number of anilines is 2. The van der Waals surface area contributed by atoms with Gasteiger partial charge < -0.3 is 21.3 Å². The van der Waals surface area contributed by atoms with Gasteiger partial charge in [0.15, 0.2) is 0 Å². The Morgan fingerprint density at radius 1 is 1.44 bits per heavy atom. The molecule has 0 aliphatic rings. The Morgan fingerprint density at radius 2 is 2.12 bits per heavy atom. The van der Waals surface area contributed by atoms with Gasteiger partial charge in [0, 0.05) is 13.1 Å². The molecule has 0 aliphatic carbocycles. The molecule has 16 heavy (non-hydrogen) atoms. The number of aromatic nitrogens is 2. The van der Waals surface area contributed by atoms with Crippen LogP contribution in [0.15, 0.2) is 6.20 Å². The van der Waals surface area contributed by atoms with Crippen LogP contribution in [0.25, 0.3) is 0 Å². The summed E-state index contributed by atoms with van der Waals surface area (Å²) in [6, 6.07) is 0. The number of hydrogen-bond donors (Lipinski definition) is 4. The number of nitrogens with two attached hydrogens (primary N) is 1. The normalized spacial score (nSPS) is 14.8. The summed E-state index contributed by atoms with van der Waals surface area (Å²) in [6.07, 6.45) is 1.37. The van der Waals surface area contributed by atoms with Gasteiger partial charge in [-0.05, 0) is 20.3 Å². The van der Waals surface area contributed by atoms with Crippen LogP contribution in [0.5, 0.6) is 0 Å². The number of rotatable bonds is 6. The van der Waals surface area contributed by atoms with Crippen molar-refractivity contribution < 1.29 is 10.2 Å². The number of aryl methyl sites for hydroxylation is 1. The summed E-state index contributed by atoms with van der Waals surface area (Å²) in [7, 11) is 0. The van der Waals surface area contributed by atoms with E-state index in [0.717, 1.165) is 0 Å². The van der Waals surface area contributed by atoms with Gasteiger partial charge in [0.05, 0.1) is 24.1 Å². The average Bonchev–Trinajstić information content (AvgIpc) is 2.53. The van der Waals surface area contributed by atoms with E-state index in [1.807, 2.05) is 0 Å². The van der Waals surface area contributed by atoms with Crippen molar-refractivity contribution in [3.8, 4) is 0 Å². The molecular weight excluding hydrogens is 208 g/mol. The standard InChI is InChI=1S/C10H20N4O2/c1-7(15)3-4-14-10(9(11)6-13-14)12-5-8(2)16/h6-8,12,15-16H,3-5,11H2,1-2H3. The summed E-state index contributed by atoms with van der Waals surface area (Å²) < 4.78 is 1.70. The van der Waals surface area contributed by atoms with Crippen molar-refractivity contribution in [1.82, 2.24) is 9.78 Å². The Morgan fingerprint density at radius 3 is 2.69 bits per heavy atom. The van der Waals surface area contributed by atoms with E-state index in [0.29, 0.717) is 31.0 Å². The van der Waals surface area contributed by atoms with Gasteiger partial charge in [-0.1, -0.05) is 0 Å². The molecule has 0 spiro atoms. The van der Waals surface area contributed by atoms with E-state index in [2.05, 4.69) is 10.4 Å². The Bertz CT molecular complexity index is 323. The number of nitrogens with zero attached hydrogens (tertiary/aromatic N) is 2. The fourth-order valence-corrected chi connectivity index (χ4v) is 1.32. The highest BCUT2D eigenvalue weighted by Gasteiger charge is 2.09. The molecule has 2 atom stereocenters. The molecule has 0 saturated heterocycles. The van der Waals surface area contributed by atoms with E-state index >= 15 is 0 Å². The molecule has 6 heteroatoms. The average molecular weight is 228 g/mol. The van der Waals surface area contributed by atoms with Crippen LogP contribution < -0.4 is 11.1 Å². The zero-order valence-corrected chi connectivity index (χ0v) is 9.72. The second-order valence-corrected chi connectivity index (χ2v) is 4.04. The van der Waals surface area contributed by atoms with Crippen LogP contribution in [0.3, 0.4) is 0 Å². The second kappa shape index (κ2) is 5.72. The first-order valence-electron chi connectivity index (χ1n) is 5.42. The molecular formula is C10H20N4O2. The van der Waals surface area contributed by atoms with Crippen molar-refractivity contribution in [3.63, 3.8) is 0 Å². The fraction of sp³-hybridized carbons (Fsp3) is 0.700. The minimum absolute atomic E-state index is 0.366. The number of aliphatic hydroxyl groups excluding tert-OH is 2. The third-order valence-corrected chi connectivity index (χ3v) is 2.19. The Kier molecular flexibility index (Phi) is 4.57. The highest BCUT2D eigenvalue weighted by molar-refractivity contribution is 5.60. The summed E-state index contributed by atoms with van der Waals surface area (Å²) >= 11 is 0. The van der Waals surface area contributed by atoms with Crippen molar-refractivity contribution in [1.29, 1.82) is 0 Å². The van der Waals surface area contributed by atoms with Crippen LogP contribution in [0, 0.1) is 0 Å².